The first kappa shape index (κ1) is 15.5. The number of rotatable bonds is 6. The van der Waals surface area contributed by atoms with Crippen LogP contribution in [-0.4, -0.2) is 46.9 Å². The van der Waals surface area contributed by atoms with E-state index in [-0.39, 0.29) is 0 Å². The Morgan fingerprint density at radius 3 is 3.00 bits per heavy atom. The summed E-state index contributed by atoms with van der Waals surface area (Å²) in [6, 6.07) is 5.15. The fourth-order valence-electron chi connectivity index (χ4n) is 2.89. The third-order valence-corrected chi connectivity index (χ3v) is 4.42. The molecule has 128 valence electrons. The first-order chi connectivity index (χ1) is 12.3. The molecule has 4 heterocycles. The van der Waals surface area contributed by atoms with Gasteiger partial charge in [0.25, 0.3) is 0 Å². The molecule has 3 N–H and O–H groups in total. The van der Waals surface area contributed by atoms with Crippen LogP contribution in [0.5, 0.6) is 0 Å². The molecule has 0 radical (unpaired) electrons. The summed E-state index contributed by atoms with van der Waals surface area (Å²) < 4.78 is 0. The van der Waals surface area contributed by atoms with Crippen molar-refractivity contribution in [3.05, 3.63) is 48.7 Å². The molecule has 0 aromatic carbocycles. The molecule has 25 heavy (non-hydrogen) atoms. The van der Waals surface area contributed by atoms with Gasteiger partial charge in [0, 0.05) is 61.3 Å². The number of hydrogen-bond donors (Lipinski definition) is 3. The van der Waals surface area contributed by atoms with E-state index < -0.39 is 6.04 Å². The van der Waals surface area contributed by atoms with Crippen molar-refractivity contribution in [2.24, 2.45) is 5.92 Å². The van der Waals surface area contributed by atoms with Crippen LogP contribution in [0.2, 0.25) is 0 Å². The molecule has 0 aliphatic carbocycles. The minimum Gasteiger partial charge on any atom is -0.370 e. The summed E-state index contributed by atoms with van der Waals surface area (Å²) in [5.74, 6) is 2.01. The molecular formula is C17H19N7O. The van der Waals surface area contributed by atoms with Gasteiger partial charge in [0.2, 0.25) is 0 Å². The Kier molecular flexibility index (Phi) is 4.26. The summed E-state index contributed by atoms with van der Waals surface area (Å²) >= 11 is 0. The fourth-order valence-corrected chi connectivity index (χ4v) is 2.89. The number of pyridine rings is 1. The Bertz CT molecular complexity index is 776. The van der Waals surface area contributed by atoms with Crippen molar-refractivity contribution in [3.8, 4) is 0 Å². The van der Waals surface area contributed by atoms with Crippen molar-refractivity contribution < 1.29 is 4.79 Å². The zero-order valence-electron chi connectivity index (χ0n) is 13.6. The largest absolute Gasteiger partial charge is 0.370 e. The fraction of sp³-hybridized carbons (Fsp3) is 0.294. The quantitative estimate of drug-likeness (QED) is 0.654. The minimum absolute atomic E-state index is 0.470. The third kappa shape index (κ3) is 3.16. The highest BCUT2D eigenvalue weighted by Crippen LogP contribution is 2.27. The summed E-state index contributed by atoms with van der Waals surface area (Å²) in [5.41, 5.74) is 4.88. The van der Waals surface area contributed by atoms with Gasteiger partial charge in [0.1, 0.15) is 24.5 Å². The van der Waals surface area contributed by atoms with E-state index >= 15 is 0 Å². The molecular weight excluding hydrogens is 318 g/mol. The molecule has 1 atom stereocenters. The number of carbonyl (C=O) groups is 1. The number of aromatic nitrogens is 3. The van der Waals surface area contributed by atoms with Crippen LogP contribution in [0.3, 0.4) is 0 Å². The van der Waals surface area contributed by atoms with Crippen LogP contribution in [0.25, 0.3) is 5.57 Å². The Labute approximate surface area is 145 Å². The van der Waals surface area contributed by atoms with Gasteiger partial charge < -0.3 is 20.9 Å². The molecule has 0 bridgehead atoms. The molecule has 8 nitrogen and oxygen atoms in total. The van der Waals surface area contributed by atoms with E-state index in [0.29, 0.717) is 11.7 Å². The number of carbonyl (C=O) groups excluding carboxylic acids is 1. The number of aldehydes is 1. The second kappa shape index (κ2) is 6.86. The van der Waals surface area contributed by atoms with Gasteiger partial charge in [-0.25, -0.2) is 9.97 Å². The lowest BCUT2D eigenvalue weighted by Gasteiger charge is -2.27. The second-order valence-corrected chi connectivity index (χ2v) is 6.09. The second-order valence-electron chi connectivity index (χ2n) is 6.09. The average molecular weight is 337 g/mol. The van der Waals surface area contributed by atoms with Crippen LogP contribution < -0.4 is 21.1 Å². The van der Waals surface area contributed by atoms with E-state index in [0.717, 1.165) is 42.9 Å². The maximum atomic E-state index is 11.7. The first-order valence-electron chi connectivity index (χ1n) is 8.23. The molecule has 2 aliphatic rings. The van der Waals surface area contributed by atoms with E-state index in [1.807, 2.05) is 24.4 Å². The van der Waals surface area contributed by atoms with Gasteiger partial charge in [-0.3, -0.25) is 9.99 Å². The van der Waals surface area contributed by atoms with Gasteiger partial charge in [0.05, 0.1) is 0 Å². The molecule has 8 heteroatoms. The molecule has 1 saturated heterocycles. The van der Waals surface area contributed by atoms with Gasteiger partial charge in [-0.05, 0) is 6.07 Å². The Balaban J connectivity index is 1.50. The number of nitrogens with one attached hydrogen (secondary N) is 3. The van der Waals surface area contributed by atoms with Crippen molar-refractivity contribution in [1.82, 2.24) is 25.7 Å². The molecule has 1 fully saturated rings. The van der Waals surface area contributed by atoms with Crippen LogP contribution in [0.1, 0.15) is 5.56 Å². The molecule has 2 aliphatic heterocycles. The summed E-state index contributed by atoms with van der Waals surface area (Å²) in [6.45, 7) is 2.93. The van der Waals surface area contributed by atoms with Crippen molar-refractivity contribution in [3.63, 3.8) is 0 Å². The predicted octanol–water partition coefficient (Wildman–Crippen LogP) is 0.436. The highest BCUT2D eigenvalue weighted by Gasteiger charge is 2.29. The van der Waals surface area contributed by atoms with E-state index in [1.54, 1.807) is 17.4 Å². The van der Waals surface area contributed by atoms with Crippen molar-refractivity contribution in [2.75, 3.05) is 30.0 Å². The highest BCUT2D eigenvalue weighted by molar-refractivity contribution is 5.89. The van der Waals surface area contributed by atoms with Crippen LogP contribution in [0, 0.1) is 5.92 Å². The Morgan fingerprint density at radius 2 is 2.28 bits per heavy atom. The third-order valence-electron chi connectivity index (χ3n) is 4.42. The standard InChI is InChI=1S/C17H19N7O/c25-10-15-14(13-2-1-3-18-8-13)9-23-24(15)17-4-16(21-11-22-17)20-7-12-5-19-6-12/h1-4,8-12,15,19,23H,5-7H2,(H,20,21,22). The summed E-state index contributed by atoms with van der Waals surface area (Å²) in [7, 11) is 0. The van der Waals surface area contributed by atoms with E-state index in [1.165, 1.54) is 6.33 Å². The molecule has 2 aromatic heterocycles. The van der Waals surface area contributed by atoms with Crippen LogP contribution in [-0.2, 0) is 4.79 Å². The van der Waals surface area contributed by atoms with Gasteiger partial charge in [-0.2, -0.15) is 0 Å². The zero-order chi connectivity index (χ0) is 17.1. The topological polar surface area (TPSA) is 95.1 Å². The predicted molar refractivity (Wildman–Crippen MR) is 94.6 cm³/mol. The SMILES string of the molecule is O=CC1C(c2cccnc2)=CNN1c1cc(NCC2CNC2)ncn1. The minimum atomic E-state index is -0.470. The van der Waals surface area contributed by atoms with Crippen LogP contribution in [0.4, 0.5) is 11.6 Å². The molecule has 4 rings (SSSR count). The number of hydrogen-bond acceptors (Lipinski definition) is 8. The van der Waals surface area contributed by atoms with Crippen molar-refractivity contribution in [1.29, 1.82) is 0 Å². The van der Waals surface area contributed by atoms with Gasteiger partial charge >= 0.3 is 0 Å². The molecule has 0 amide bonds. The van der Waals surface area contributed by atoms with E-state index in [4.69, 9.17) is 0 Å². The molecule has 2 aromatic rings. The van der Waals surface area contributed by atoms with E-state index in [9.17, 15) is 4.79 Å². The summed E-state index contributed by atoms with van der Waals surface area (Å²) in [5, 5.41) is 8.30. The normalized spacial score (nSPS) is 19.8. The molecule has 1 unspecified atom stereocenters. The number of nitrogens with zero attached hydrogens (tertiary/aromatic N) is 4. The smallest absolute Gasteiger partial charge is 0.153 e. The average Bonchev–Trinajstić information content (AvgIpc) is 3.05. The lowest BCUT2D eigenvalue weighted by molar-refractivity contribution is -0.107. The lowest BCUT2D eigenvalue weighted by Crippen LogP contribution is -2.45. The monoisotopic (exact) mass is 337 g/mol. The molecule has 0 spiro atoms. The lowest BCUT2D eigenvalue weighted by atomic mass is 10.0. The number of hydrazine groups is 1. The summed E-state index contributed by atoms with van der Waals surface area (Å²) in [6.07, 6.45) is 7.66. The van der Waals surface area contributed by atoms with Gasteiger partial charge in [-0.1, -0.05) is 6.07 Å². The first-order valence-corrected chi connectivity index (χ1v) is 8.23. The maximum Gasteiger partial charge on any atom is 0.153 e. The Morgan fingerprint density at radius 1 is 1.36 bits per heavy atom. The van der Waals surface area contributed by atoms with Gasteiger partial charge in [-0.15, -0.1) is 0 Å². The van der Waals surface area contributed by atoms with Crippen LogP contribution >= 0.6 is 0 Å². The Hall–Kier alpha value is -3.00. The van der Waals surface area contributed by atoms with E-state index in [2.05, 4.69) is 31.0 Å². The van der Waals surface area contributed by atoms with Crippen molar-refractivity contribution >= 4 is 23.5 Å². The summed E-state index contributed by atoms with van der Waals surface area (Å²) in [4.78, 5) is 24.4. The highest BCUT2D eigenvalue weighted by atomic mass is 16.1. The van der Waals surface area contributed by atoms with Gasteiger partial charge in [0.15, 0.2) is 5.82 Å². The molecule has 0 saturated carbocycles. The zero-order valence-corrected chi connectivity index (χ0v) is 13.6. The van der Waals surface area contributed by atoms with Crippen molar-refractivity contribution in [2.45, 2.75) is 6.04 Å². The van der Waals surface area contributed by atoms with Crippen LogP contribution in [0.15, 0.2) is 43.1 Å². The maximum absolute atomic E-state index is 11.7. The number of anilines is 2.